The molecular formula is C55H82N8O18. The first kappa shape index (κ1) is 68.4. The van der Waals surface area contributed by atoms with Crippen LogP contribution < -0.4 is 32.3 Å². The standard InChI is InChI=1S/C55H82N8O18/c1-39(2)50(54(71)58-40(3)52(69)59-43-15-13-41(14-16-43)38-81-55(72)62(4)36-42-10-6-7-11-44(42)51(56)68)61-53(70)45(12-8-9-20-57-47(65)37-63-48(66)17-18-49(63)67)60-46(64)19-21-74-24-25-76-28-29-78-32-33-80-35-34-79-31-30-77-27-26-75-23-22-73-5/h6-7,10-11,13-18,39-40,45,50H,8-9,12,19-38H2,1-5H3,(H2,56,68)(H,57,65)(H,58,71)(H,59,69)(H,60,64)(H,61,70)/t40-,45-,50-/m0/s1. The molecule has 1 aliphatic heterocycles. The molecule has 0 spiro atoms. The van der Waals surface area contributed by atoms with Gasteiger partial charge < -0.3 is 79.8 Å². The number of hydrogen-bond acceptors (Lipinski definition) is 18. The Balaban J connectivity index is 1.40. The fourth-order valence-corrected chi connectivity index (χ4v) is 7.32. The van der Waals surface area contributed by atoms with E-state index < -0.39 is 83.9 Å². The third-order valence-corrected chi connectivity index (χ3v) is 11.8. The number of hydrogen-bond donors (Lipinski definition) is 6. The van der Waals surface area contributed by atoms with Gasteiger partial charge in [0.1, 0.15) is 31.3 Å². The number of carbonyl (C=O) groups excluding carboxylic acids is 9. The van der Waals surface area contributed by atoms with E-state index in [1.54, 1.807) is 69.5 Å². The highest BCUT2D eigenvalue weighted by Crippen LogP contribution is 2.15. The first-order chi connectivity index (χ1) is 39.0. The molecule has 2 aromatic rings. The smallest absolute Gasteiger partial charge is 0.410 e. The Kier molecular flexibility index (Phi) is 34.0. The zero-order valence-corrected chi connectivity index (χ0v) is 47.2. The minimum absolute atomic E-state index is 0.0221. The highest BCUT2D eigenvalue weighted by atomic mass is 16.6. The maximum absolute atomic E-state index is 13.9. The number of nitrogens with one attached hydrogen (secondary N) is 5. The number of ether oxygens (including phenoxy) is 9. The van der Waals surface area contributed by atoms with Gasteiger partial charge in [-0.15, -0.1) is 0 Å². The molecule has 1 aliphatic rings. The van der Waals surface area contributed by atoms with Crippen molar-refractivity contribution in [1.29, 1.82) is 0 Å². The summed E-state index contributed by atoms with van der Waals surface area (Å²) in [6, 6.07) is 9.88. The van der Waals surface area contributed by atoms with Crippen molar-refractivity contribution >= 4 is 59.0 Å². The Bertz CT molecular complexity index is 2290. The molecule has 81 heavy (non-hydrogen) atoms. The SMILES string of the molecule is COCCOCCOCCOCCOCCOCCOCCOCCC(=O)N[C@@H](CCCCNC(=O)CN1C(=O)C=CC1=O)C(=O)N[C@H](C(=O)N[C@@H](C)C(=O)Nc1ccc(COC(=O)N(C)Cc2ccccc2C(N)=O)cc1)C(C)C. The van der Waals surface area contributed by atoms with Gasteiger partial charge in [0.25, 0.3) is 11.8 Å². The molecule has 0 radical (unpaired) electrons. The lowest BCUT2D eigenvalue weighted by Crippen LogP contribution is -2.57. The Morgan fingerprint density at radius 1 is 0.617 bits per heavy atom. The number of methoxy groups -OCH3 is 1. The van der Waals surface area contributed by atoms with Gasteiger partial charge in [0.2, 0.25) is 35.4 Å². The summed E-state index contributed by atoms with van der Waals surface area (Å²) in [5.41, 5.74) is 7.33. The minimum atomic E-state index is -1.12. The van der Waals surface area contributed by atoms with Crippen LogP contribution in [0.1, 0.15) is 67.9 Å². The number of primary amides is 1. The van der Waals surface area contributed by atoms with Crippen LogP contribution in [0.15, 0.2) is 60.7 Å². The monoisotopic (exact) mass is 1140 g/mol. The van der Waals surface area contributed by atoms with E-state index in [0.717, 1.165) is 17.1 Å². The van der Waals surface area contributed by atoms with Gasteiger partial charge >= 0.3 is 6.09 Å². The predicted octanol–water partition coefficient (Wildman–Crippen LogP) is 0.987. The highest BCUT2D eigenvalue weighted by molar-refractivity contribution is 6.14. The van der Waals surface area contributed by atoms with Crippen molar-refractivity contribution in [2.45, 2.75) is 77.7 Å². The molecule has 26 nitrogen and oxygen atoms in total. The van der Waals surface area contributed by atoms with Crippen molar-refractivity contribution in [2.75, 3.05) is 132 Å². The summed E-state index contributed by atoms with van der Waals surface area (Å²) in [4.78, 5) is 117. The van der Waals surface area contributed by atoms with Gasteiger partial charge in [-0.1, -0.05) is 44.2 Å². The van der Waals surface area contributed by atoms with Crippen LogP contribution in [-0.2, 0) is 89.3 Å². The van der Waals surface area contributed by atoms with E-state index in [1.165, 1.54) is 18.9 Å². The summed E-state index contributed by atoms with van der Waals surface area (Å²) in [6.45, 7) is 10.4. The molecule has 3 rings (SSSR count). The lowest BCUT2D eigenvalue weighted by Gasteiger charge is -2.26. The number of amides is 9. The molecule has 0 unspecified atom stereocenters. The molecule has 0 saturated heterocycles. The lowest BCUT2D eigenvalue weighted by molar-refractivity contribution is -0.141. The Labute approximate surface area is 473 Å². The number of nitrogens with two attached hydrogens (primary N) is 1. The average molecular weight is 1140 g/mol. The molecule has 7 N–H and O–H groups in total. The molecule has 0 aromatic heterocycles. The molecule has 0 saturated carbocycles. The summed E-state index contributed by atoms with van der Waals surface area (Å²) in [5, 5.41) is 13.5. The van der Waals surface area contributed by atoms with Crippen molar-refractivity contribution in [3.63, 3.8) is 0 Å². The normalized spacial score (nSPS) is 13.1. The van der Waals surface area contributed by atoms with E-state index in [4.69, 9.17) is 48.4 Å². The van der Waals surface area contributed by atoms with Gasteiger partial charge in [0, 0.05) is 57.1 Å². The number of rotatable bonds is 44. The molecule has 0 aliphatic carbocycles. The van der Waals surface area contributed by atoms with Crippen LogP contribution in [0.4, 0.5) is 10.5 Å². The topological polar surface area (TPSA) is 329 Å². The van der Waals surface area contributed by atoms with Crippen LogP contribution in [0.2, 0.25) is 0 Å². The third kappa shape index (κ3) is 28.9. The van der Waals surface area contributed by atoms with Crippen molar-refractivity contribution in [1.82, 2.24) is 31.1 Å². The van der Waals surface area contributed by atoms with E-state index in [9.17, 15) is 43.2 Å². The number of imide groups is 1. The Morgan fingerprint density at radius 2 is 1.15 bits per heavy atom. The summed E-state index contributed by atoms with van der Waals surface area (Å²) < 4.78 is 48.6. The fraction of sp³-hybridized carbons (Fsp3) is 0.582. The predicted molar refractivity (Wildman–Crippen MR) is 293 cm³/mol. The number of anilines is 1. The molecule has 1 heterocycles. The van der Waals surface area contributed by atoms with Crippen molar-refractivity contribution in [3.8, 4) is 0 Å². The second kappa shape index (κ2) is 40.3. The third-order valence-electron chi connectivity index (χ3n) is 11.8. The molecule has 9 amide bonds. The van der Waals surface area contributed by atoms with Crippen molar-refractivity contribution in [3.05, 3.63) is 77.4 Å². The van der Waals surface area contributed by atoms with E-state index in [1.807, 2.05) is 0 Å². The summed E-state index contributed by atoms with van der Waals surface area (Å²) in [7, 11) is 3.14. The molecule has 3 atom stereocenters. The van der Waals surface area contributed by atoms with Crippen LogP contribution in [0, 0.1) is 5.92 Å². The van der Waals surface area contributed by atoms with Gasteiger partial charge in [0.15, 0.2) is 0 Å². The Hall–Kier alpha value is -6.91. The maximum Gasteiger partial charge on any atom is 0.410 e. The van der Waals surface area contributed by atoms with Crippen LogP contribution in [0.3, 0.4) is 0 Å². The number of carbonyl (C=O) groups is 9. The average Bonchev–Trinajstić information content (AvgIpc) is 3.77. The quantitative estimate of drug-likeness (QED) is 0.0398. The Morgan fingerprint density at radius 3 is 1.68 bits per heavy atom. The largest absolute Gasteiger partial charge is 0.445 e. The zero-order valence-electron chi connectivity index (χ0n) is 47.2. The molecular weight excluding hydrogens is 1060 g/mol. The van der Waals surface area contributed by atoms with Crippen molar-refractivity contribution < 1.29 is 85.8 Å². The van der Waals surface area contributed by atoms with Crippen LogP contribution in [0.25, 0.3) is 0 Å². The molecule has 0 bridgehead atoms. The van der Waals surface area contributed by atoms with Gasteiger partial charge in [-0.25, -0.2) is 4.79 Å². The van der Waals surface area contributed by atoms with Crippen LogP contribution in [0.5, 0.6) is 0 Å². The summed E-state index contributed by atoms with van der Waals surface area (Å²) >= 11 is 0. The highest BCUT2D eigenvalue weighted by Gasteiger charge is 2.31. The molecule has 26 heteroatoms. The van der Waals surface area contributed by atoms with Crippen LogP contribution in [-0.4, -0.2) is 208 Å². The summed E-state index contributed by atoms with van der Waals surface area (Å²) in [5.74, 6) is -5.17. The maximum atomic E-state index is 13.9. The van der Waals surface area contributed by atoms with E-state index >= 15 is 0 Å². The van der Waals surface area contributed by atoms with Gasteiger partial charge in [-0.3, -0.25) is 43.3 Å². The minimum Gasteiger partial charge on any atom is -0.445 e. The van der Waals surface area contributed by atoms with E-state index in [2.05, 4.69) is 26.6 Å². The zero-order chi connectivity index (χ0) is 59.2. The first-order valence-corrected chi connectivity index (χ1v) is 26.9. The van der Waals surface area contributed by atoms with Gasteiger partial charge in [-0.2, -0.15) is 0 Å². The number of benzene rings is 2. The van der Waals surface area contributed by atoms with Crippen molar-refractivity contribution in [2.24, 2.45) is 11.7 Å². The van der Waals surface area contributed by atoms with E-state index in [0.29, 0.717) is 115 Å². The molecule has 2 aromatic carbocycles. The van der Waals surface area contributed by atoms with Crippen LogP contribution >= 0.6 is 0 Å². The first-order valence-electron chi connectivity index (χ1n) is 26.9. The molecule has 0 fully saturated rings. The molecule has 450 valence electrons. The lowest BCUT2D eigenvalue weighted by atomic mass is 10.0. The fourth-order valence-electron chi connectivity index (χ4n) is 7.32. The number of unbranched alkanes of at least 4 members (excludes halogenated alkanes) is 1. The van der Waals surface area contributed by atoms with Gasteiger partial charge in [0.05, 0.1) is 99.1 Å². The second-order valence-corrected chi connectivity index (χ2v) is 18.7. The number of nitrogens with zero attached hydrogens (tertiary/aromatic N) is 2. The van der Waals surface area contributed by atoms with Gasteiger partial charge in [-0.05, 0) is 61.4 Å². The second-order valence-electron chi connectivity index (χ2n) is 18.7. The summed E-state index contributed by atoms with van der Waals surface area (Å²) in [6.07, 6.45) is 2.23. The van der Waals surface area contributed by atoms with E-state index in [-0.39, 0.29) is 52.4 Å².